The standard InChI is InChI=1S/C20H23N5O2/c1-11-18-16(20(27)22-14-4-2-3-13(21)9-14)10-17(23-19(18)25-24-11)12-5-7-15(26)8-6-12/h5-8,10,13-14,26H,2-4,9,21H2,1H3,(H,22,27)(H,23,24,25). The van der Waals surface area contributed by atoms with Gasteiger partial charge in [-0.25, -0.2) is 4.98 Å². The van der Waals surface area contributed by atoms with Crippen LogP contribution < -0.4 is 11.1 Å². The number of rotatable bonds is 3. The van der Waals surface area contributed by atoms with Crippen LogP contribution in [-0.2, 0) is 0 Å². The maximum Gasteiger partial charge on any atom is 0.252 e. The molecule has 2 unspecified atom stereocenters. The summed E-state index contributed by atoms with van der Waals surface area (Å²) in [6.07, 6.45) is 3.79. The maximum absolute atomic E-state index is 13.1. The number of benzene rings is 1. The Bertz CT molecular complexity index is 980. The van der Waals surface area contributed by atoms with Crippen molar-refractivity contribution in [3.8, 4) is 17.0 Å². The second kappa shape index (κ2) is 7.00. The molecule has 1 saturated carbocycles. The minimum absolute atomic E-state index is 0.0915. The first-order valence-corrected chi connectivity index (χ1v) is 9.23. The van der Waals surface area contributed by atoms with Crippen molar-refractivity contribution in [2.75, 3.05) is 0 Å². The number of fused-ring (bicyclic) bond motifs is 1. The Labute approximate surface area is 157 Å². The van der Waals surface area contributed by atoms with Crippen LogP contribution >= 0.6 is 0 Å². The predicted octanol–water partition coefficient (Wildman–Crippen LogP) is 2.64. The molecule has 2 atom stereocenters. The zero-order chi connectivity index (χ0) is 19.0. The summed E-state index contributed by atoms with van der Waals surface area (Å²) in [4.78, 5) is 17.7. The normalized spacial score (nSPS) is 19.9. The smallest absolute Gasteiger partial charge is 0.252 e. The molecule has 0 aliphatic heterocycles. The molecule has 0 radical (unpaired) electrons. The molecular formula is C20H23N5O2. The number of carbonyl (C=O) groups excluding carboxylic acids is 1. The highest BCUT2D eigenvalue weighted by molar-refractivity contribution is 6.07. The Morgan fingerprint density at radius 1 is 1.30 bits per heavy atom. The lowest BCUT2D eigenvalue weighted by Gasteiger charge is -2.27. The monoisotopic (exact) mass is 365 g/mol. The highest BCUT2D eigenvalue weighted by atomic mass is 16.3. The van der Waals surface area contributed by atoms with Crippen LogP contribution in [0, 0.1) is 6.92 Å². The lowest BCUT2D eigenvalue weighted by Crippen LogP contribution is -2.42. The van der Waals surface area contributed by atoms with Crippen LogP contribution in [0.5, 0.6) is 5.75 Å². The number of aromatic nitrogens is 3. The number of carbonyl (C=O) groups is 1. The van der Waals surface area contributed by atoms with E-state index >= 15 is 0 Å². The summed E-state index contributed by atoms with van der Waals surface area (Å²) in [6, 6.07) is 8.77. The van der Waals surface area contributed by atoms with Gasteiger partial charge in [-0.1, -0.05) is 0 Å². The van der Waals surface area contributed by atoms with E-state index in [1.54, 1.807) is 30.3 Å². The molecule has 0 bridgehead atoms. The van der Waals surface area contributed by atoms with Crippen LogP contribution in [0.25, 0.3) is 22.3 Å². The number of aromatic hydroxyl groups is 1. The van der Waals surface area contributed by atoms with Crippen molar-refractivity contribution in [1.82, 2.24) is 20.5 Å². The quantitative estimate of drug-likeness (QED) is 0.569. The number of phenols is 1. The van der Waals surface area contributed by atoms with Crippen LogP contribution in [0.4, 0.5) is 0 Å². The number of hydrogen-bond donors (Lipinski definition) is 4. The van der Waals surface area contributed by atoms with Gasteiger partial charge in [0, 0.05) is 17.6 Å². The summed E-state index contributed by atoms with van der Waals surface area (Å²) in [5.41, 5.74) is 9.38. The SMILES string of the molecule is Cc1n[nH]c2nc(-c3ccc(O)cc3)cc(C(=O)NC3CCCC(N)C3)c12. The molecule has 140 valence electrons. The molecule has 5 N–H and O–H groups in total. The Morgan fingerprint density at radius 2 is 2.07 bits per heavy atom. The van der Waals surface area contributed by atoms with Crippen molar-refractivity contribution >= 4 is 16.9 Å². The summed E-state index contributed by atoms with van der Waals surface area (Å²) in [7, 11) is 0. The van der Waals surface area contributed by atoms with Gasteiger partial charge in [0.05, 0.1) is 22.3 Å². The zero-order valence-electron chi connectivity index (χ0n) is 15.2. The van der Waals surface area contributed by atoms with Gasteiger partial charge in [0.15, 0.2) is 5.65 Å². The topological polar surface area (TPSA) is 117 Å². The molecule has 1 aromatic carbocycles. The van der Waals surface area contributed by atoms with Gasteiger partial charge >= 0.3 is 0 Å². The van der Waals surface area contributed by atoms with Crippen LogP contribution in [0.15, 0.2) is 30.3 Å². The lowest BCUT2D eigenvalue weighted by molar-refractivity contribution is 0.0927. The van der Waals surface area contributed by atoms with Gasteiger partial charge in [-0.05, 0) is 62.9 Å². The van der Waals surface area contributed by atoms with E-state index in [4.69, 9.17) is 5.73 Å². The van der Waals surface area contributed by atoms with Crippen molar-refractivity contribution in [2.45, 2.75) is 44.7 Å². The van der Waals surface area contributed by atoms with Crippen LogP contribution in [0.2, 0.25) is 0 Å². The van der Waals surface area contributed by atoms with E-state index in [0.29, 0.717) is 16.9 Å². The van der Waals surface area contributed by atoms with E-state index in [9.17, 15) is 9.90 Å². The number of phenolic OH excluding ortho intramolecular Hbond substituents is 1. The third-order valence-electron chi connectivity index (χ3n) is 5.17. The van der Waals surface area contributed by atoms with Crippen molar-refractivity contribution in [3.63, 3.8) is 0 Å². The van der Waals surface area contributed by atoms with Crippen molar-refractivity contribution < 1.29 is 9.90 Å². The van der Waals surface area contributed by atoms with Crippen LogP contribution in [0.1, 0.15) is 41.7 Å². The van der Waals surface area contributed by atoms with Gasteiger partial charge in [-0.3, -0.25) is 9.89 Å². The summed E-state index contributed by atoms with van der Waals surface area (Å²) in [5, 5.41) is 20.5. The van der Waals surface area contributed by atoms with E-state index in [1.807, 2.05) is 6.92 Å². The number of hydrogen-bond acceptors (Lipinski definition) is 5. The third-order valence-corrected chi connectivity index (χ3v) is 5.17. The first kappa shape index (κ1) is 17.5. The molecule has 7 heteroatoms. The second-order valence-electron chi connectivity index (χ2n) is 7.23. The molecule has 3 aromatic rings. The molecule has 7 nitrogen and oxygen atoms in total. The number of amides is 1. The highest BCUT2D eigenvalue weighted by Crippen LogP contribution is 2.27. The fourth-order valence-electron chi connectivity index (χ4n) is 3.77. The van der Waals surface area contributed by atoms with Gasteiger partial charge in [-0.2, -0.15) is 5.10 Å². The number of nitrogens with zero attached hydrogens (tertiary/aromatic N) is 2. The van der Waals surface area contributed by atoms with Gasteiger partial charge in [-0.15, -0.1) is 0 Å². The third kappa shape index (κ3) is 3.50. The van der Waals surface area contributed by atoms with E-state index in [0.717, 1.165) is 42.3 Å². The minimum atomic E-state index is -0.133. The van der Waals surface area contributed by atoms with Gasteiger partial charge in [0.2, 0.25) is 0 Å². The molecule has 2 heterocycles. The van der Waals surface area contributed by atoms with Gasteiger partial charge in [0.1, 0.15) is 5.75 Å². The van der Waals surface area contributed by atoms with E-state index in [-0.39, 0.29) is 23.7 Å². The Morgan fingerprint density at radius 3 is 2.81 bits per heavy atom. The molecular weight excluding hydrogens is 342 g/mol. The molecule has 1 amide bonds. The van der Waals surface area contributed by atoms with E-state index in [1.165, 1.54) is 0 Å². The van der Waals surface area contributed by atoms with Crippen molar-refractivity contribution in [2.24, 2.45) is 5.73 Å². The van der Waals surface area contributed by atoms with E-state index in [2.05, 4.69) is 20.5 Å². The first-order valence-electron chi connectivity index (χ1n) is 9.23. The molecule has 1 aliphatic rings. The fourth-order valence-corrected chi connectivity index (χ4v) is 3.77. The van der Waals surface area contributed by atoms with Crippen LogP contribution in [-0.4, -0.2) is 38.3 Å². The predicted molar refractivity (Wildman–Crippen MR) is 103 cm³/mol. The first-order chi connectivity index (χ1) is 13.0. The number of nitrogens with two attached hydrogens (primary N) is 1. The zero-order valence-corrected chi connectivity index (χ0v) is 15.2. The van der Waals surface area contributed by atoms with Gasteiger partial charge < -0.3 is 16.2 Å². The highest BCUT2D eigenvalue weighted by Gasteiger charge is 2.24. The number of aromatic amines is 1. The molecule has 0 spiro atoms. The second-order valence-corrected chi connectivity index (χ2v) is 7.23. The number of nitrogens with one attached hydrogen (secondary N) is 2. The number of aryl methyl sites for hydroxylation is 1. The minimum Gasteiger partial charge on any atom is -0.508 e. The molecule has 1 fully saturated rings. The van der Waals surface area contributed by atoms with Crippen molar-refractivity contribution in [1.29, 1.82) is 0 Å². The summed E-state index contributed by atoms with van der Waals surface area (Å²) in [6.45, 7) is 1.86. The molecule has 2 aromatic heterocycles. The Balaban J connectivity index is 1.72. The summed E-state index contributed by atoms with van der Waals surface area (Å²) in [5.74, 6) is 0.0508. The number of pyridine rings is 1. The fraction of sp³-hybridized carbons (Fsp3) is 0.350. The molecule has 27 heavy (non-hydrogen) atoms. The average molecular weight is 365 g/mol. The largest absolute Gasteiger partial charge is 0.508 e. The van der Waals surface area contributed by atoms with Crippen molar-refractivity contribution in [3.05, 3.63) is 41.6 Å². The molecule has 1 aliphatic carbocycles. The summed E-state index contributed by atoms with van der Waals surface area (Å²) >= 11 is 0. The Hall–Kier alpha value is -2.93. The van der Waals surface area contributed by atoms with Gasteiger partial charge in [0.25, 0.3) is 5.91 Å². The average Bonchev–Trinajstić information content (AvgIpc) is 3.03. The molecule has 4 rings (SSSR count). The summed E-state index contributed by atoms with van der Waals surface area (Å²) < 4.78 is 0. The molecule has 0 saturated heterocycles. The number of H-pyrrole nitrogens is 1. The maximum atomic E-state index is 13.1. The lowest BCUT2D eigenvalue weighted by atomic mass is 9.91. The van der Waals surface area contributed by atoms with E-state index < -0.39 is 0 Å². The van der Waals surface area contributed by atoms with Crippen LogP contribution in [0.3, 0.4) is 0 Å². The Kier molecular flexibility index (Phi) is 4.53.